The Labute approximate surface area is 425 Å². The topological polar surface area (TPSA) is 78.9 Å². The van der Waals surface area contributed by atoms with Gasteiger partial charge >= 0.3 is 17.9 Å². The molecule has 6 heteroatoms. The van der Waals surface area contributed by atoms with E-state index in [1.54, 1.807) is 0 Å². The van der Waals surface area contributed by atoms with Crippen LogP contribution >= 0.6 is 0 Å². The summed E-state index contributed by atoms with van der Waals surface area (Å²) in [5.74, 6) is -1.02. The Morgan fingerprint density at radius 1 is 0.319 bits per heavy atom. The Kier molecular flexibility index (Phi) is 53.4. The molecule has 0 bridgehead atoms. The van der Waals surface area contributed by atoms with Gasteiger partial charge in [0.05, 0.1) is 0 Å². The van der Waals surface area contributed by atoms with E-state index in [0.717, 1.165) is 103 Å². The van der Waals surface area contributed by atoms with Gasteiger partial charge in [-0.25, -0.2) is 0 Å². The lowest BCUT2D eigenvalue weighted by Gasteiger charge is -2.18. The number of ether oxygens (including phenoxy) is 3. The van der Waals surface area contributed by atoms with Crippen LogP contribution in [0.2, 0.25) is 0 Å². The van der Waals surface area contributed by atoms with Crippen LogP contribution in [0.25, 0.3) is 0 Å². The molecule has 0 aromatic heterocycles. The van der Waals surface area contributed by atoms with Crippen LogP contribution in [0.1, 0.15) is 252 Å². The van der Waals surface area contributed by atoms with Gasteiger partial charge in [0.25, 0.3) is 0 Å². The SMILES string of the molecule is CC\C=C/C=C\C=C/CCCCCCCC(=O)OCC(COC(=O)CC/C=C\C/C=C\C/C=C\C/C=C\C/C=C\C/C=C\CC)OC(=O)CCCCCCCCCCCCCCCCCCCCC. The number of allylic oxidation sites excluding steroid dienone is 18. The summed E-state index contributed by atoms with van der Waals surface area (Å²) in [5.41, 5.74) is 0. The van der Waals surface area contributed by atoms with Crippen LogP contribution in [0.15, 0.2) is 109 Å². The largest absolute Gasteiger partial charge is 0.462 e. The Hall–Kier alpha value is -3.93. The highest BCUT2D eigenvalue weighted by Gasteiger charge is 2.19. The third kappa shape index (κ3) is 54.9. The first-order valence-corrected chi connectivity index (χ1v) is 28.4. The van der Waals surface area contributed by atoms with E-state index < -0.39 is 6.10 Å². The number of carbonyl (C=O) groups is 3. The van der Waals surface area contributed by atoms with E-state index in [2.05, 4.69) is 124 Å². The van der Waals surface area contributed by atoms with E-state index in [0.29, 0.717) is 19.3 Å². The lowest BCUT2D eigenvalue weighted by molar-refractivity contribution is -0.166. The van der Waals surface area contributed by atoms with Gasteiger partial charge < -0.3 is 14.2 Å². The van der Waals surface area contributed by atoms with Gasteiger partial charge in [-0.3, -0.25) is 14.4 Å². The lowest BCUT2D eigenvalue weighted by Crippen LogP contribution is -2.30. The van der Waals surface area contributed by atoms with Gasteiger partial charge in [0.2, 0.25) is 0 Å². The van der Waals surface area contributed by atoms with Crippen LogP contribution in [0.4, 0.5) is 0 Å². The summed E-state index contributed by atoms with van der Waals surface area (Å²) in [4.78, 5) is 38.1. The molecule has 0 radical (unpaired) electrons. The molecule has 0 amide bonds. The highest BCUT2D eigenvalue weighted by atomic mass is 16.6. The van der Waals surface area contributed by atoms with Gasteiger partial charge in [-0.2, -0.15) is 0 Å². The molecule has 0 aliphatic heterocycles. The number of esters is 3. The van der Waals surface area contributed by atoms with Gasteiger partial charge in [-0.15, -0.1) is 0 Å². The number of unbranched alkanes of at least 4 members (excludes halogenated alkanes) is 23. The second kappa shape index (κ2) is 56.7. The summed E-state index contributed by atoms with van der Waals surface area (Å²) < 4.78 is 16.8. The first kappa shape index (κ1) is 65.1. The van der Waals surface area contributed by atoms with Crippen molar-refractivity contribution >= 4 is 17.9 Å². The van der Waals surface area contributed by atoms with Crippen molar-refractivity contribution in [1.82, 2.24) is 0 Å². The number of hydrogen-bond donors (Lipinski definition) is 0. The van der Waals surface area contributed by atoms with Crippen LogP contribution in [-0.4, -0.2) is 37.2 Å². The van der Waals surface area contributed by atoms with Gasteiger partial charge in [0.15, 0.2) is 6.10 Å². The predicted octanol–water partition coefficient (Wildman–Crippen LogP) is 19.1. The highest BCUT2D eigenvalue weighted by molar-refractivity contribution is 5.71. The summed E-state index contributed by atoms with van der Waals surface area (Å²) >= 11 is 0. The molecule has 0 fully saturated rings. The summed E-state index contributed by atoms with van der Waals surface area (Å²) in [6, 6.07) is 0. The molecule has 1 unspecified atom stereocenters. The van der Waals surface area contributed by atoms with Crippen molar-refractivity contribution in [3.05, 3.63) is 109 Å². The molecule has 0 aromatic rings. The quantitative estimate of drug-likeness (QED) is 0.0199. The molecule has 0 aliphatic carbocycles. The molecule has 0 heterocycles. The van der Waals surface area contributed by atoms with Crippen LogP contribution in [-0.2, 0) is 28.6 Å². The van der Waals surface area contributed by atoms with Gasteiger partial charge in [0, 0.05) is 19.3 Å². The third-order valence-corrected chi connectivity index (χ3v) is 11.8. The summed E-state index contributed by atoms with van der Waals surface area (Å²) in [5, 5.41) is 0. The van der Waals surface area contributed by atoms with Crippen molar-refractivity contribution in [2.24, 2.45) is 0 Å². The van der Waals surface area contributed by atoms with Crippen molar-refractivity contribution in [3.63, 3.8) is 0 Å². The molecule has 392 valence electrons. The van der Waals surface area contributed by atoms with Crippen LogP contribution in [0.5, 0.6) is 0 Å². The first-order chi connectivity index (χ1) is 34.0. The van der Waals surface area contributed by atoms with E-state index in [4.69, 9.17) is 14.2 Å². The summed E-state index contributed by atoms with van der Waals surface area (Å²) in [6.45, 7) is 6.32. The van der Waals surface area contributed by atoms with Gasteiger partial charge in [-0.05, 0) is 77.0 Å². The smallest absolute Gasteiger partial charge is 0.306 e. The first-order valence-electron chi connectivity index (χ1n) is 28.4. The average Bonchev–Trinajstić information content (AvgIpc) is 3.35. The van der Waals surface area contributed by atoms with E-state index in [1.165, 1.54) is 103 Å². The zero-order valence-electron chi connectivity index (χ0n) is 44.8. The third-order valence-electron chi connectivity index (χ3n) is 11.8. The Bertz CT molecular complexity index is 1420. The Morgan fingerprint density at radius 3 is 1.10 bits per heavy atom. The molecule has 0 aromatic carbocycles. The standard InChI is InChI=1S/C63H104O6/c1-4-7-10-13-16-19-22-25-27-29-31-33-35-38-41-44-47-50-53-56-62(65)68-59-60(58-67-61(64)55-52-49-46-43-40-37-24-21-18-15-12-9-6-3)69-63(66)57-54-51-48-45-42-39-36-34-32-30-28-26-23-20-17-14-11-8-5-2/h7,9-10,12,15-16,18-19,21,24-25,27,31,33,38,41,47,50,60H,4-6,8,11,13-14,17,20,22-23,26,28-30,32,34-37,39-40,42-46,48-49,51-59H2,1-3H3/b10-7-,12-9-,18-15-,19-16-,24-21-,27-25-,33-31-,41-38-,50-47-. The van der Waals surface area contributed by atoms with Crippen molar-refractivity contribution < 1.29 is 28.6 Å². The fourth-order valence-electron chi connectivity index (χ4n) is 7.65. The van der Waals surface area contributed by atoms with Crippen molar-refractivity contribution in [2.75, 3.05) is 13.2 Å². The minimum absolute atomic E-state index is 0.112. The molecule has 0 N–H and O–H groups in total. The maximum atomic E-state index is 12.9. The molecule has 0 aliphatic rings. The van der Waals surface area contributed by atoms with Crippen LogP contribution in [0, 0.1) is 0 Å². The molecule has 0 rings (SSSR count). The van der Waals surface area contributed by atoms with E-state index in [9.17, 15) is 14.4 Å². The zero-order valence-corrected chi connectivity index (χ0v) is 44.8. The van der Waals surface area contributed by atoms with E-state index >= 15 is 0 Å². The molecule has 0 saturated carbocycles. The van der Waals surface area contributed by atoms with Crippen molar-refractivity contribution in [3.8, 4) is 0 Å². The second-order valence-electron chi connectivity index (χ2n) is 18.5. The summed E-state index contributed by atoms with van der Waals surface area (Å²) in [7, 11) is 0. The van der Waals surface area contributed by atoms with Gasteiger partial charge in [0.1, 0.15) is 13.2 Å². The normalized spacial score (nSPS) is 12.9. The average molecular weight is 958 g/mol. The molecular weight excluding hydrogens is 853 g/mol. The fourth-order valence-corrected chi connectivity index (χ4v) is 7.65. The zero-order chi connectivity index (χ0) is 50.0. The molecule has 0 saturated heterocycles. The molecule has 0 spiro atoms. The maximum Gasteiger partial charge on any atom is 0.306 e. The van der Waals surface area contributed by atoms with Crippen molar-refractivity contribution in [1.29, 1.82) is 0 Å². The maximum absolute atomic E-state index is 12.9. The van der Waals surface area contributed by atoms with Gasteiger partial charge in [-0.1, -0.05) is 265 Å². The minimum Gasteiger partial charge on any atom is -0.462 e. The second-order valence-corrected chi connectivity index (χ2v) is 18.5. The van der Waals surface area contributed by atoms with Crippen LogP contribution in [0.3, 0.4) is 0 Å². The highest BCUT2D eigenvalue weighted by Crippen LogP contribution is 2.16. The Balaban J connectivity index is 4.48. The minimum atomic E-state index is -0.817. The molecule has 1 atom stereocenters. The summed E-state index contributed by atoms with van der Waals surface area (Å²) in [6.07, 6.45) is 76.7. The van der Waals surface area contributed by atoms with E-state index in [-0.39, 0.29) is 37.5 Å². The number of carbonyl (C=O) groups excluding carboxylic acids is 3. The fraction of sp³-hybridized carbons (Fsp3) is 0.667. The van der Waals surface area contributed by atoms with Crippen LogP contribution < -0.4 is 0 Å². The monoisotopic (exact) mass is 957 g/mol. The van der Waals surface area contributed by atoms with Crippen molar-refractivity contribution in [2.45, 2.75) is 258 Å². The lowest BCUT2D eigenvalue weighted by atomic mass is 10.0. The predicted molar refractivity (Wildman–Crippen MR) is 297 cm³/mol. The van der Waals surface area contributed by atoms with E-state index in [1.807, 2.05) is 6.08 Å². The number of hydrogen-bond acceptors (Lipinski definition) is 6. The molecule has 69 heavy (non-hydrogen) atoms. The Morgan fingerprint density at radius 2 is 0.667 bits per heavy atom. The number of rotatable bonds is 50. The molecule has 6 nitrogen and oxygen atoms in total. The molecular formula is C63H104O6.